The molecule has 6 N–H and O–H groups in total. The van der Waals surface area contributed by atoms with Gasteiger partial charge < -0.3 is 30.8 Å². The van der Waals surface area contributed by atoms with E-state index < -0.39 is 18.0 Å². The third-order valence-electron chi connectivity index (χ3n) is 4.54. The first-order valence-electron chi connectivity index (χ1n) is 11.1. The fraction of sp³-hybridized carbons (Fsp3) is 0.857. The molecule has 1 amide bonds. The Kier molecular flexibility index (Phi) is 23.2. The fourth-order valence-electron chi connectivity index (χ4n) is 2.79. The lowest BCUT2D eigenvalue weighted by molar-refractivity contribution is -0.143. The van der Waals surface area contributed by atoms with Crippen molar-refractivity contribution >= 4 is 17.8 Å². The van der Waals surface area contributed by atoms with Crippen LogP contribution in [0.1, 0.15) is 71.1 Å². The van der Waals surface area contributed by atoms with E-state index in [4.69, 9.17) is 25.5 Å². The van der Waals surface area contributed by atoms with Gasteiger partial charge in [0.05, 0.1) is 19.8 Å². The zero-order valence-electron chi connectivity index (χ0n) is 18.8. The molecule has 0 fully saturated rings. The molecule has 0 radical (unpaired) electrons. The number of unbranched alkanes of at least 4 members (excludes halogenated alkanes) is 6. The van der Waals surface area contributed by atoms with Gasteiger partial charge in [-0.05, 0) is 12.8 Å². The second-order valence-corrected chi connectivity index (χ2v) is 7.27. The van der Waals surface area contributed by atoms with Crippen LogP contribution in [0.25, 0.3) is 0 Å². The van der Waals surface area contributed by atoms with Crippen LogP contribution < -0.4 is 5.32 Å². The number of hydrogen-bond acceptors (Lipinski definition) is 7. The second-order valence-electron chi connectivity index (χ2n) is 7.27. The average molecular weight is 451 g/mol. The van der Waals surface area contributed by atoms with Gasteiger partial charge in [-0.2, -0.15) is 0 Å². The van der Waals surface area contributed by atoms with Gasteiger partial charge in [-0.1, -0.05) is 45.4 Å². The molecule has 0 saturated heterocycles. The summed E-state index contributed by atoms with van der Waals surface area (Å²) in [5.74, 6) is -2.58. The Morgan fingerprint density at radius 2 is 1.26 bits per heavy atom. The topological polar surface area (TPSA) is 168 Å². The third kappa shape index (κ3) is 22.8. The highest BCUT2D eigenvalue weighted by atomic mass is 16.4. The SMILES string of the molecule is CCCCCCCCCC(=O)N[C@@H](CCC(=O)O)C(=O)O.OCCN(CCO)CCO. The molecule has 0 saturated carbocycles. The Morgan fingerprint density at radius 1 is 0.774 bits per heavy atom. The van der Waals surface area contributed by atoms with E-state index in [1.54, 1.807) is 4.90 Å². The minimum Gasteiger partial charge on any atom is -0.481 e. The number of nitrogens with one attached hydrogen (secondary N) is 1. The van der Waals surface area contributed by atoms with Crippen molar-refractivity contribution < 1.29 is 39.9 Å². The number of carboxylic acid groups (broad SMARTS) is 2. The maximum Gasteiger partial charge on any atom is 0.326 e. The summed E-state index contributed by atoms with van der Waals surface area (Å²) in [6, 6.07) is -1.11. The van der Waals surface area contributed by atoms with Crippen LogP contribution >= 0.6 is 0 Å². The predicted molar refractivity (Wildman–Crippen MR) is 117 cm³/mol. The normalized spacial score (nSPS) is 11.5. The molecule has 10 nitrogen and oxygen atoms in total. The molecule has 0 aliphatic rings. The first kappa shape index (κ1) is 31.4. The van der Waals surface area contributed by atoms with Crippen LogP contribution in [0.4, 0.5) is 0 Å². The highest BCUT2D eigenvalue weighted by molar-refractivity contribution is 5.83. The first-order valence-corrected chi connectivity index (χ1v) is 11.1. The summed E-state index contributed by atoms with van der Waals surface area (Å²) in [6.07, 6.45) is 7.57. The van der Waals surface area contributed by atoms with E-state index >= 15 is 0 Å². The van der Waals surface area contributed by atoms with E-state index in [0.717, 1.165) is 19.3 Å². The number of amides is 1. The summed E-state index contributed by atoms with van der Waals surface area (Å²) < 4.78 is 0. The molecule has 0 aromatic carbocycles. The van der Waals surface area contributed by atoms with Gasteiger partial charge in [0.25, 0.3) is 0 Å². The van der Waals surface area contributed by atoms with E-state index in [1.165, 1.54) is 25.7 Å². The number of aliphatic hydroxyl groups excluding tert-OH is 3. The Hall–Kier alpha value is -1.75. The molecule has 0 spiro atoms. The van der Waals surface area contributed by atoms with Gasteiger partial charge in [0.15, 0.2) is 0 Å². The van der Waals surface area contributed by atoms with Crippen molar-refractivity contribution in [1.29, 1.82) is 0 Å². The molecule has 0 bridgehead atoms. The van der Waals surface area contributed by atoms with Crippen molar-refractivity contribution in [3.8, 4) is 0 Å². The molecule has 0 aliphatic carbocycles. The van der Waals surface area contributed by atoms with Crippen molar-refractivity contribution in [1.82, 2.24) is 10.2 Å². The van der Waals surface area contributed by atoms with Crippen molar-refractivity contribution in [2.45, 2.75) is 77.2 Å². The lowest BCUT2D eigenvalue weighted by Gasteiger charge is -2.17. The van der Waals surface area contributed by atoms with Gasteiger partial charge in [-0.3, -0.25) is 14.5 Å². The van der Waals surface area contributed by atoms with Gasteiger partial charge in [-0.25, -0.2) is 4.79 Å². The largest absolute Gasteiger partial charge is 0.481 e. The highest BCUT2D eigenvalue weighted by Gasteiger charge is 2.20. The van der Waals surface area contributed by atoms with E-state index in [2.05, 4.69) is 12.2 Å². The van der Waals surface area contributed by atoms with Gasteiger partial charge in [0.2, 0.25) is 5.91 Å². The maximum absolute atomic E-state index is 11.6. The number of aliphatic carboxylic acids is 2. The Bertz CT molecular complexity index is 448. The molecule has 1 atom stereocenters. The van der Waals surface area contributed by atoms with Gasteiger partial charge >= 0.3 is 11.9 Å². The predicted octanol–water partition coefficient (Wildman–Crippen LogP) is 0.827. The minimum absolute atomic E-state index is 0.0694. The Morgan fingerprint density at radius 3 is 1.68 bits per heavy atom. The zero-order chi connectivity index (χ0) is 23.9. The monoisotopic (exact) mass is 450 g/mol. The number of carbonyl (C=O) groups is 3. The number of nitrogens with zero attached hydrogens (tertiary/aromatic N) is 1. The van der Waals surface area contributed by atoms with Gasteiger partial charge in [0.1, 0.15) is 6.04 Å². The zero-order valence-corrected chi connectivity index (χ0v) is 18.8. The third-order valence-corrected chi connectivity index (χ3v) is 4.54. The van der Waals surface area contributed by atoms with Crippen LogP contribution in [0.15, 0.2) is 0 Å². The number of hydrogen-bond donors (Lipinski definition) is 6. The van der Waals surface area contributed by atoms with Crippen molar-refractivity contribution in [3.05, 3.63) is 0 Å². The van der Waals surface area contributed by atoms with Crippen LogP contribution in [0.3, 0.4) is 0 Å². The van der Waals surface area contributed by atoms with E-state index in [1.807, 2.05) is 0 Å². The van der Waals surface area contributed by atoms with Gasteiger partial charge in [0, 0.05) is 32.5 Å². The maximum atomic E-state index is 11.6. The standard InChI is InChI=1S/C15H27NO5.C6H15NO3/c1-2-3-4-5-6-7-8-9-13(17)16-12(15(20)21)10-11-14(18)19;8-4-1-7(2-5-9)3-6-10/h12H,2-11H2,1H3,(H,16,17)(H,18,19)(H,20,21);8-10H,1-6H2/t12-;/m0./s1. The van der Waals surface area contributed by atoms with Crippen LogP contribution in [-0.2, 0) is 14.4 Å². The van der Waals surface area contributed by atoms with Crippen molar-refractivity contribution in [3.63, 3.8) is 0 Å². The second kappa shape index (κ2) is 22.9. The Balaban J connectivity index is 0. The molecular weight excluding hydrogens is 408 g/mol. The van der Waals surface area contributed by atoms with Crippen LogP contribution in [0.5, 0.6) is 0 Å². The summed E-state index contributed by atoms with van der Waals surface area (Å²) in [6.45, 7) is 3.91. The minimum atomic E-state index is -1.19. The lowest BCUT2D eigenvalue weighted by Crippen LogP contribution is -2.41. The smallest absolute Gasteiger partial charge is 0.326 e. The molecule has 0 heterocycles. The fourth-order valence-corrected chi connectivity index (χ4v) is 2.79. The summed E-state index contributed by atoms with van der Waals surface area (Å²) in [5.41, 5.74) is 0. The van der Waals surface area contributed by atoms with Crippen LogP contribution in [-0.4, -0.2) is 93.8 Å². The van der Waals surface area contributed by atoms with Crippen LogP contribution in [0.2, 0.25) is 0 Å². The lowest BCUT2D eigenvalue weighted by atomic mass is 10.1. The van der Waals surface area contributed by atoms with E-state index in [9.17, 15) is 14.4 Å². The molecule has 0 rings (SSSR count). The summed E-state index contributed by atoms with van der Waals surface area (Å²) in [5, 5.41) is 45.3. The molecule has 31 heavy (non-hydrogen) atoms. The van der Waals surface area contributed by atoms with E-state index in [-0.39, 0.29) is 38.6 Å². The summed E-state index contributed by atoms with van der Waals surface area (Å²) >= 11 is 0. The van der Waals surface area contributed by atoms with Crippen molar-refractivity contribution in [2.24, 2.45) is 0 Å². The van der Waals surface area contributed by atoms with Crippen LogP contribution in [0, 0.1) is 0 Å². The molecule has 184 valence electrons. The molecular formula is C21H42N2O8. The molecule has 0 aliphatic heterocycles. The molecule has 10 heteroatoms. The number of carboxylic acids is 2. The highest BCUT2D eigenvalue weighted by Crippen LogP contribution is 2.08. The van der Waals surface area contributed by atoms with Gasteiger partial charge in [-0.15, -0.1) is 0 Å². The average Bonchev–Trinajstić information content (AvgIpc) is 2.71. The number of aliphatic hydroxyl groups is 3. The summed E-state index contributed by atoms with van der Waals surface area (Å²) in [7, 11) is 0. The van der Waals surface area contributed by atoms with Crippen molar-refractivity contribution in [2.75, 3.05) is 39.5 Å². The number of carbonyl (C=O) groups excluding carboxylic acids is 1. The molecule has 0 aromatic rings. The summed E-state index contributed by atoms with van der Waals surface area (Å²) in [4.78, 5) is 34.7. The first-order chi connectivity index (χ1) is 14.8. The quantitative estimate of drug-likeness (QED) is 0.156. The molecule has 0 aromatic heterocycles. The van der Waals surface area contributed by atoms with E-state index in [0.29, 0.717) is 26.1 Å². The number of rotatable bonds is 19. The Labute approximate surface area is 185 Å². The molecule has 0 unspecified atom stereocenters.